The lowest BCUT2D eigenvalue weighted by molar-refractivity contribution is -0.115. The van der Waals surface area contributed by atoms with Gasteiger partial charge in [-0.3, -0.25) is 10.1 Å². The van der Waals surface area contributed by atoms with Crippen molar-refractivity contribution in [2.24, 2.45) is 5.73 Å². The topological polar surface area (TPSA) is 151 Å². The predicted octanol–water partition coefficient (Wildman–Crippen LogP) is 1.08. The fraction of sp³-hybridized carbons (Fsp3) is 0.211. The number of aromatic nitrogens is 4. The summed E-state index contributed by atoms with van der Waals surface area (Å²) in [6, 6.07) is 7.46. The first-order valence-corrected chi connectivity index (χ1v) is 9.51. The van der Waals surface area contributed by atoms with Crippen LogP contribution in [-0.2, 0) is 11.3 Å². The van der Waals surface area contributed by atoms with Gasteiger partial charge in [-0.25, -0.2) is 4.79 Å². The Bertz CT molecular complexity index is 1180. The van der Waals surface area contributed by atoms with Gasteiger partial charge in [0.15, 0.2) is 5.65 Å². The van der Waals surface area contributed by atoms with Crippen molar-refractivity contribution in [2.75, 3.05) is 10.6 Å². The van der Waals surface area contributed by atoms with Crippen molar-refractivity contribution in [2.45, 2.75) is 25.4 Å². The minimum absolute atomic E-state index is 0.136. The van der Waals surface area contributed by atoms with E-state index < -0.39 is 11.9 Å². The zero-order valence-electron chi connectivity index (χ0n) is 15.8. The minimum atomic E-state index is -0.559. The monoisotopic (exact) mass is 405 g/mol. The van der Waals surface area contributed by atoms with Crippen LogP contribution in [-0.4, -0.2) is 37.6 Å². The van der Waals surface area contributed by atoms with Crippen molar-refractivity contribution < 1.29 is 9.59 Å². The molecule has 30 heavy (non-hydrogen) atoms. The van der Waals surface area contributed by atoms with Gasteiger partial charge in [-0.2, -0.15) is 19.6 Å². The molecule has 1 saturated carbocycles. The van der Waals surface area contributed by atoms with E-state index in [-0.39, 0.29) is 5.70 Å². The van der Waals surface area contributed by atoms with Gasteiger partial charge >= 0.3 is 6.03 Å². The number of carbonyl (C=O) groups is 2. The Hall–Kier alpha value is -3.99. The minimum Gasteiger partial charge on any atom is -0.351 e. The highest BCUT2D eigenvalue weighted by molar-refractivity contribution is 6.14. The number of fused-ring (bicyclic) bond motifs is 1. The van der Waals surface area contributed by atoms with E-state index in [1.165, 1.54) is 6.08 Å². The van der Waals surface area contributed by atoms with Crippen LogP contribution in [0.3, 0.4) is 0 Å². The van der Waals surface area contributed by atoms with Crippen molar-refractivity contribution in [3.8, 4) is 0 Å². The second kappa shape index (κ2) is 7.12. The summed E-state index contributed by atoms with van der Waals surface area (Å²) in [6.45, 7) is 0.468. The zero-order chi connectivity index (χ0) is 20.7. The summed E-state index contributed by atoms with van der Waals surface area (Å²) in [6.07, 6.45) is 5.25. The van der Waals surface area contributed by atoms with Crippen LogP contribution in [0.2, 0.25) is 0 Å². The molecule has 0 bridgehead atoms. The average molecular weight is 405 g/mol. The van der Waals surface area contributed by atoms with Crippen LogP contribution >= 0.6 is 0 Å². The number of hydrogen-bond acceptors (Lipinski definition) is 8. The molecule has 0 spiro atoms. The third-order valence-electron chi connectivity index (χ3n) is 4.77. The molecule has 1 saturated heterocycles. The SMILES string of the molecule is NCc1ccc(Nc2nc(NC3CC3)n3ncc(/C=C4\NC(=O)NC4=O)c3n2)cc1. The van der Waals surface area contributed by atoms with Crippen LogP contribution in [0.1, 0.15) is 24.0 Å². The maximum Gasteiger partial charge on any atom is 0.326 e. The van der Waals surface area contributed by atoms with Crippen molar-refractivity contribution in [3.05, 3.63) is 47.3 Å². The fourth-order valence-electron chi connectivity index (χ4n) is 3.05. The number of benzene rings is 1. The Morgan fingerprint density at radius 1 is 1.17 bits per heavy atom. The second-order valence-electron chi connectivity index (χ2n) is 7.12. The van der Waals surface area contributed by atoms with Crippen LogP contribution in [0.25, 0.3) is 11.7 Å². The molecular formula is C19H19N9O2. The first-order valence-electron chi connectivity index (χ1n) is 9.51. The summed E-state index contributed by atoms with van der Waals surface area (Å²) in [7, 11) is 0. The van der Waals surface area contributed by atoms with E-state index in [4.69, 9.17) is 5.73 Å². The molecule has 3 amide bonds. The lowest BCUT2D eigenvalue weighted by Gasteiger charge is -2.10. The van der Waals surface area contributed by atoms with Gasteiger partial charge < -0.3 is 21.7 Å². The van der Waals surface area contributed by atoms with E-state index in [1.54, 1.807) is 10.7 Å². The van der Waals surface area contributed by atoms with Gasteiger partial charge in [-0.1, -0.05) is 12.1 Å². The molecule has 1 aliphatic heterocycles. The molecule has 2 aromatic heterocycles. The Morgan fingerprint density at radius 2 is 1.97 bits per heavy atom. The predicted molar refractivity (Wildman–Crippen MR) is 110 cm³/mol. The van der Waals surface area contributed by atoms with E-state index in [0.29, 0.717) is 35.7 Å². The highest BCUT2D eigenvalue weighted by Crippen LogP contribution is 2.26. The molecule has 11 nitrogen and oxygen atoms in total. The number of urea groups is 1. The van der Waals surface area contributed by atoms with Crippen molar-refractivity contribution in [1.82, 2.24) is 30.2 Å². The van der Waals surface area contributed by atoms with Gasteiger partial charge in [0.25, 0.3) is 5.91 Å². The van der Waals surface area contributed by atoms with Crippen molar-refractivity contribution >= 4 is 41.2 Å². The summed E-state index contributed by atoms with van der Waals surface area (Å²) in [5.74, 6) is 0.433. The van der Waals surface area contributed by atoms with Gasteiger partial charge in [-0.05, 0) is 36.6 Å². The van der Waals surface area contributed by atoms with E-state index >= 15 is 0 Å². The Kier molecular flexibility index (Phi) is 4.29. The van der Waals surface area contributed by atoms with Crippen molar-refractivity contribution in [1.29, 1.82) is 0 Å². The summed E-state index contributed by atoms with van der Waals surface area (Å²) in [4.78, 5) is 32.4. The molecule has 1 aliphatic carbocycles. The fourth-order valence-corrected chi connectivity index (χ4v) is 3.05. The first-order chi connectivity index (χ1) is 14.6. The van der Waals surface area contributed by atoms with Gasteiger partial charge in [0, 0.05) is 23.8 Å². The summed E-state index contributed by atoms with van der Waals surface area (Å²) >= 11 is 0. The maximum absolute atomic E-state index is 11.9. The van der Waals surface area contributed by atoms with E-state index in [1.807, 2.05) is 24.3 Å². The number of imide groups is 1. The van der Waals surface area contributed by atoms with Crippen LogP contribution in [0, 0.1) is 0 Å². The third-order valence-corrected chi connectivity index (χ3v) is 4.77. The lowest BCUT2D eigenvalue weighted by atomic mass is 10.2. The highest BCUT2D eigenvalue weighted by Gasteiger charge is 2.26. The van der Waals surface area contributed by atoms with E-state index in [9.17, 15) is 9.59 Å². The van der Waals surface area contributed by atoms with Gasteiger partial charge in [0.05, 0.1) is 6.20 Å². The van der Waals surface area contributed by atoms with Crippen LogP contribution < -0.4 is 27.0 Å². The molecule has 0 radical (unpaired) electrons. The molecule has 3 aromatic rings. The summed E-state index contributed by atoms with van der Waals surface area (Å²) < 4.78 is 1.59. The number of anilines is 3. The largest absolute Gasteiger partial charge is 0.351 e. The standard InChI is InChI=1S/C19H19N9O2/c20-8-10-1-3-12(4-2-10)22-17-25-15-11(7-14-16(29)26-19(30)24-14)9-21-28(15)18(27-17)23-13-5-6-13/h1-4,7,9,13H,5-6,8,20H2,(H2,22,23,25,27)(H2,24,26,29,30)/b14-7-. The third kappa shape index (κ3) is 3.53. The number of amides is 3. The van der Waals surface area contributed by atoms with Gasteiger partial charge in [0.1, 0.15) is 5.70 Å². The lowest BCUT2D eigenvalue weighted by Crippen LogP contribution is -2.22. The quantitative estimate of drug-likeness (QED) is 0.302. The number of carbonyl (C=O) groups excluding carboxylic acids is 2. The maximum atomic E-state index is 11.9. The van der Waals surface area contributed by atoms with E-state index in [2.05, 4.69) is 36.3 Å². The number of hydrogen-bond donors (Lipinski definition) is 5. The van der Waals surface area contributed by atoms with Crippen LogP contribution in [0.4, 0.5) is 22.4 Å². The van der Waals surface area contributed by atoms with Crippen molar-refractivity contribution in [3.63, 3.8) is 0 Å². The van der Waals surface area contributed by atoms with Gasteiger partial charge in [0.2, 0.25) is 11.9 Å². The first kappa shape index (κ1) is 18.1. The Morgan fingerprint density at radius 3 is 2.63 bits per heavy atom. The number of nitrogens with two attached hydrogens (primary N) is 1. The molecule has 5 rings (SSSR count). The second-order valence-corrected chi connectivity index (χ2v) is 7.12. The molecule has 1 aromatic carbocycles. The Balaban J connectivity index is 1.54. The average Bonchev–Trinajstić information content (AvgIpc) is 3.37. The van der Waals surface area contributed by atoms with Crippen LogP contribution in [0.15, 0.2) is 36.2 Å². The molecule has 2 aliphatic rings. The number of nitrogens with zero attached hydrogens (tertiary/aromatic N) is 4. The Labute approximate surface area is 170 Å². The normalized spacial score (nSPS) is 17.3. The number of nitrogens with one attached hydrogen (secondary N) is 4. The molecule has 2 fully saturated rings. The van der Waals surface area contributed by atoms with E-state index in [0.717, 1.165) is 24.1 Å². The molecule has 152 valence electrons. The molecule has 6 N–H and O–H groups in total. The molecular weight excluding hydrogens is 386 g/mol. The number of rotatable bonds is 6. The van der Waals surface area contributed by atoms with Gasteiger partial charge in [-0.15, -0.1) is 0 Å². The molecule has 0 atom stereocenters. The molecule has 11 heteroatoms. The smallest absolute Gasteiger partial charge is 0.326 e. The summed E-state index contributed by atoms with van der Waals surface area (Å²) in [5, 5.41) is 15.5. The summed E-state index contributed by atoms with van der Waals surface area (Å²) in [5.41, 5.74) is 8.70. The molecule has 0 unspecified atom stereocenters. The molecule has 3 heterocycles. The highest BCUT2D eigenvalue weighted by atomic mass is 16.2. The zero-order valence-corrected chi connectivity index (χ0v) is 15.8. The van der Waals surface area contributed by atoms with Crippen LogP contribution in [0.5, 0.6) is 0 Å².